The molecule has 0 unspecified atom stereocenters. The third-order valence-corrected chi connectivity index (χ3v) is 3.71. The summed E-state index contributed by atoms with van der Waals surface area (Å²) in [5, 5.41) is 0.512. The maximum absolute atomic E-state index is 6.24. The summed E-state index contributed by atoms with van der Waals surface area (Å²) in [5.41, 5.74) is 1.87. The predicted octanol–water partition coefficient (Wildman–Crippen LogP) is 4.17. The van der Waals surface area contributed by atoms with Crippen LogP contribution in [0.5, 0.6) is 5.75 Å². The molecule has 5 heteroatoms. The van der Waals surface area contributed by atoms with E-state index in [2.05, 4.69) is 16.9 Å². The van der Waals surface area contributed by atoms with Crippen molar-refractivity contribution in [3.05, 3.63) is 40.8 Å². The lowest BCUT2D eigenvalue weighted by atomic mass is 10.2. The van der Waals surface area contributed by atoms with E-state index in [4.69, 9.17) is 16.3 Å². The van der Waals surface area contributed by atoms with Crippen LogP contribution in [-0.4, -0.2) is 24.1 Å². The number of methoxy groups -OCH3 is 1. The molecule has 4 nitrogen and oxygen atoms in total. The number of halogens is 1. The van der Waals surface area contributed by atoms with Gasteiger partial charge in [0.25, 0.3) is 0 Å². The summed E-state index contributed by atoms with van der Waals surface area (Å²) in [4.78, 5) is 11.0. The fourth-order valence-electron chi connectivity index (χ4n) is 2.12. The van der Waals surface area contributed by atoms with Gasteiger partial charge in [0.1, 0.15) is 22.5 Å². The van der Waals surface area contributed by atoms with E-state index in [0.29, 0.717) is 5.15 Å². The minimum Gasteiger partial charge on any atom is -0.497 e. The summed E-state index contributed by atoms with van der Waals surface area (Å²) in [7, 11) is 3.63. The van der Waals surface area contributed by atoms with E-state index in [0.717, 1.165) is 41.5 Å². The highest BCUT2D eigenvalue weighted by molar-refractivity contribution is 6.30. The number of nitrogens with zero attached hydrogens (tertiary/aromatic N) is 3. The minimum absolute atomic E-state index is 0.512. The van der Waals surface area contributed by atoms with Gasteiger partial charge in [-0.3, -0.25) is 0 Å². The molecule has 0 fully saturated rings. The Morgan fingerprint density at radius 2 is 2.05 bits per heavy atom. The molecule has 0 atom stereocenters. The molecule has 1 heterocycles. The Bertz CT molecular complexity index is 631. The number of hydrogen-bond acceptors (Lipinski definition) is 4. The number of aryl methyl sites for hydroxylation is 1. The van der Waals surface area contributed by atoms with Gasteiger partial charge in [0, 0.05) is 30.8 Å². The Morgan fingerprint density at radius 3 is 2.71 bits per heavy atom. The highest BCUT2D eigenvalue weighted by Gasteiger charge is 2.14. The molecule has 1 aromatic carbocycles. The van der Waals surface area contributed by atoms with E-state index in [1.54, 1.807) is 7.11 Å². The van der Waals surface area contributed by atoms with Crippen LogP contribution in [0.1, 0.15) is 24.7 Å². The summed E-state index contributed by atoms with van der Waals surface area (Å²) in [5.74, 6) is 2.41. The molecule has 0 aliphatic rings. The SMILES string of the molecule is CCCc1nc(Cl)c(C)c(N(C)c2cccc(OC)c2)n1. The zero-order valence-electron chi connectivity index (χ0n) is 12.9. The first-order valence-corrected chi connectivity index (χ1v) is 7.35. The van der Waals surface area contributed by atoms with Crippen molar-refractivity contribution in [2.45, 2.75) is 26.7 Å². The molecule has 0 bridgehead atoms. The van der Waals surface area contributed by atoms with Gasteiger partial charge in [-0.1, -0.05) is 24.6 Å². The summed E-state index contributed by atoms with van der Waals surface area (Å²) in [6.07, 6.45) is 1.81. The molecule has 0 radical (unpaired) electrons. The molecule has 0 amide bonds. The first-order chi connectivity index (χ1) is 10.1. The number of ether oxygens (including phenoxy) is 1. The van der Waals surface area contributed by atoms with Gasteiger partial charge in [-0.2, -0.15) is 0 Å². The summed E-state index contributed by atoms with van der Waals surface area (Å²) < 4.78 is 5.27. The smallest absolute Gasteiger partial charge is 0.140 e. The average Bonchev–Trinajstić information content (AvgIpc) is 2.50. The second kappa shape index (κ2) is 6.76. The number of benzene rings is 1. The Hall–Kier alpha value is -1.81. The van der Waals surface area contributed by atoms with Crippen molar-refractivity contribution >= 4 is 23.1 Å². The molecule has 0 aliphatic heterocycles. The monoisotopic (exact) mass is 305 g/mol. The minimum atomic E-state index is 0.512. The van der Waals surface area contributed by atoms with Gasteiger partial charge in [0.2, 0.25) is 0 Å². The van der Waals surface area contributed by atoms with E-state index in [1.165, 1.54) is 0 Å². The van der Waals surface area contributed by atoms with E-state index in [9.17, 15) is 0 Å². The summed E-state index contributed by atoms with van der Waals surface area (Å²) in [6.45, 7) is 4.03. The van der Waals surface area contributed by atoms with Gasteiger partial charge in [-0.05, 0) is 25.5 Å². The molecular formula is C16H20ClN3O. The Kier molecular flexibility index (Phi) is 5.02. The second-order valence-electron chi connectivity index (χ2n) is 4.89. The van der Waals surface area contributed by atoms with E-state index < -0.39 is 0 Å². The molecule has 0 aliphatic carbocycles. The maximum Gasteiger partial charge on any atom is 0.140 e. The molecule has 2 rings (SSSR count). The van der Waals surface area contributed by atoms with E-state index >= 15 is 0 Å². The van der Waals surface area contributed by atoms with Crippen molar-refractivity contribution in [3.8, 4) is 5.75 Å². The Labute approximate surface area is 130 Å². The number of anilines is 2. The molecule has 21 heavy (non-hydrogen) atoms. The zero-order chi connectivity index (χ0) is 15.4. The summed E-state index contributed by atoms with van der Waals surface area (Å²) in [6, 6.07) is 7.85. The highest BCUT2D eigenvalue weighted by atomic mass is 35.5. The quantitative estimate of drug-likeness (QED) is 0.777. The molecular weight excluding hydrogens is 286 g/mol. The van der Waals surface area contributed by atoms with Gasteiger partial charge in [0.15, 0.2) is 0 Å². The van der Waals surface area contributed by atoms with Crippen LogP contribution in [0, 0.1) is 6.92 Å². The van der Waals surface area contributed by atoms with Crippen molar-refractivity contribution in [2.75, 3.05) is 19.1 Å². The summed E-state index contributed by atoms with van der Waals surface area (Å²) >= 11 is 6.24. The second-order valence-corrected chi connectivity index (χ2v) is 5.25. The molecule has 0 saturated carbocycles. The van der Waals surface area contributed by atoms with Crippen molar-refractivity contribution in [1.82, 2.24) is 9.97 Å². The van der Waals surface area contributed by atoms with Gasteiger partial charge in [-0.15, -0.1) is 0 Å². The van der Waals surface area contributed by atoms with Crippen LogP contribution in [0.3, 0.4) is 0 Å². The predicted molar refractivity (Wildman–Crippen MR) is 86.8 cm³/mol. The lowest BCUT2D eigenvalue weighted by Gasteiger charge is -2.21. The normalized spacial score (nSPS) is 10.5. The van der Waals surface area contributed by atoms with Gasteiger partial charge in [-0.25, -0.2) is 9.97 Å². The van der Waals surface area contributed by atoms with Crippen LogP contribution >= 0.6 is 11.6 Å². The maximum atomic E-state index is 6.24. The number of hydrogen-bond donors (Lipinski definition) is 0. The third kappa shape index (κ3) is 3.45. The fourth-order valence-corrected chi connectivity index (χ4v) is 2.31. The standard InChI is InChI=1S/C16H20ClN3O/c1-5-7-14-18-15(17)11(2)16(19-14)20(3)12-8-6-9-13(10-12)21-4/h6,8-10H,5,7H2,1-4H3. The van der Waals surface area contributed by atoms with Crippen LogP contribution in [-0.2, 0) is 6.42 Å². The third-order valence-electron chi connectivity index (χ3n) is 3.34. The van der Waals surface area contributed by atoms with Gasteiger partial charge in [0.05, 0.1) is 7.11 Å². The lowest BCUT2D eigenvalue weighted by molar-refractivity contribution is 0.415. The van der Waals surface area contributed by atoms with Crippen LogP contribution in [0.2, 0.25) is 5.15 Å². The fraction of sp³-hybridized carbons (Fsp3) is 0.375. The highest BCUT2D eigenvalue weighted by Crippen LogP contribution is 2.30. The number of aromatic nitrogens is 2. The average molecular weight is 306 g/mol. The molecule has 1 aromatic heterocycles. The first-order valence-electron chi connectivity index (χ1n) is 6.97. The van der Waals surface area contributed by atoms with Crippen molar-refractivity contribution in [3.63, 3.8) is 0 Å². The Balaban J connectivity index is 2.43. The lowest BCUT2D eigenvalue weighted by Crippen LogP contribution is -2.15. The van der Waals surface area contributed by atoms with Crippen molar-refractivity contribution in [1.29, 1.82) is 0 Å². The van der Waals surface area contributed by atoms with Crippen molar-refractivity contribution < 1.29 is 4.74 Å². The van der Waals surface area contributed by atoms with Crippen LogP contribution in [0.15, 0.2) is 24.3 Å². The Morgan fingerprint density at radius 1 is 1.29 bits per heavy atom. The number of rotatable bonds is 5. The molecule has 0 spiro atoms. The van der Waals surface area contributed by atoms with Gasteiger partial charge >= 0.3 is 0 Å². The van der Waals surface area contributed by atoms with Crippen LogP contribution < -0.4 is 9.64 Å². The van der Waals surface area contributed by atoms with Crippen LogP contribution in [0.4, 0.5) is 11.5 Å². The first kappa shape index (κ1) is 15.6. The van der Waals surface area contributed by atoms with Crippen LogP contribution in [0.25, 0.3) is 0 Å². The van der Waals surface area contributed by atoms with Crippen molar-refractivity contribution in [2.24, 2.45) is 0 Å². The molecule has 0 saturated heterocycles. The molecule has 112 valence electrons. The van der Waals surface area contributed by atoms with E-state index in [1.807, 2.05) is 43.1 Å². The molecule has 0 N–H and O–H groups in total. The zero-order valence-corrected chi connectivity index (χ0v) is 13.6. The topological polar surface area (TPSA) is 38.2 Å². The largest absolute Gasteiger partial charge is 0.497 e. The molecule has 2 aromatic rings. The van der Waals surface area contributed by atoms with Gasteiger partial charge < -0.3 is 9.64 Å². The van der Waals surface area contributed by atoms with E-state index in [-0.39, 0.29) is 0 Å².